The highest BCUT2D eigenvalue weighted by atomic mass is 35.5. The smallest absolute Gasteiger partial charge is 0.0813 e. The van der Waals surface area contributed by atoms with E-state index in [1.807, 2.05) is 0 Å². The summed E-state index contributed by atoms with van der Waals surface area (Å²) >= 11 is 0. The molecule has 0 radical (unpaired) electrons. The maximum atomic E-state index is 6.00. The van der Waals surface area contributed by atoms with E-state index in [0.29, 0.717) is 24.2 Å². The quantitative estimate of drug-likeness (QED) is 0.827. The van der Waals surface area contributed by atoms with Crippen molar-refractivity contribution in [3.8, 4) is 0 Å². The molecule has 0 amide bonds. The number of hydrogen-bond acceptors (Lipinski definition) is 3. The molecular formula is C12H24ClNO2. The zero-order valence-corrected chi connectivity index (χ0v) is 11.1. The van der Waals surface area contributed by atoms with Crippen LogP contribution < -0.4 is 5.32 Å². The molecule has 3 nitrogen and oxygen atoms in total. The first kappa shape index (κ1) is 14.2. The van der Waals surface area contributed by atoms with E-state index in [-0.39, 0.29) is 12.4 Å². The minimum Gasteiger partial charge on any atom is -0.378 e. The van der Waals surface area contributed by atoms with Crippen LogP contribution in [0.1, 0.15) is 33.1 Å². The molecule has 2 aliphatic heterocycles. The molecule has 2 fully saturated rings. The highest BCUT2D eigenvalue weighted by Crippen LogP contribution is 2.25. The second kappa shape index (κ2) is 6.80. The van der Waals surface area contributed by atoms with Gasteiger partial charge in [-0.25, -0.2) is 0 Å². The van der Waals surface area contributed by atoms with Crippen LogP contribution in [0.4, 0.5) is 0 Å². The minimum absolute atomic E-state index is 0. The van der Waals surface area contributed by atoms with E-state index >= 15 is 0 Å². The molecule has 0 spiro atoms. The minimum atomic E-state index is 0. The van der Waals surface area contributed by atoms with E-state index < -0.39 is 0 Å². The van der Waals surface area contributed by atoms with Gasteiger partial charge in [0.05, 0.1) is 18.8 Å². The zero-order chi connectivity index (χ0) is 10.7. The van der Waals surface area contributed by atoms with Gasteiger partial charge in [0.15, 0.2) is 0 Å². The first-order valence-corrected chi connectivity index (χ1v) is 6.22. The second-order valence-electron chi connectivity index (χ2n) is 5.15. The van der Waals surface area contributed by atoms with Crippen LogP contribution in [0, 0.1) is 5.92 Å². The summed E-state index contributed by atoms with van der Waals surface area (Å²) < 4.78 is 11.6. The fourth-order valence-corrected chi connectivity index (χ4v) is 2.43. The van der Waals surface area contributed by atoms with Crippen LogP contribution in [0.15, 0.2) is 0 Å². The van der Waals surface area contributed by atoms with Crippen molar-refractivity contribution >= 4 is 12.4 Å². The molecule has 4 heteroatoms. The predicted octanol–water partition coefficient (Wildman–Crippen LogP) is 1.99. The average Bonchev–Trinajstić information content (AvgIpc) is 2.64. The number of halogens is 1. The number of ether oxygens (including phenoxy) is 2. The van der Waals surface area contributed by atoms with Crippen LogP contribution in [0.5, 0.6) is 0 Å². The molecule has 0 aromatic carbocycles. The van der Waals surface area contributed by atoms with E-state index in [0.717, 1.165) is 26.2 Å². The maximum Gasteiger partial charge on any atom is 0.0813 e. The Hall–Kier alpha value is 0.170. The van der Waals surface area contributed by atoms with E-state index in [9.17, 15) is 0 Å². The maximum absolute atomic E-state index is 6.00. The van der Waals surface area contributed by atoms with Crippen molar-refractivity contribution in [1.82, 2.24) is 5.32 Å². The number of fused-ring (bicyclic) bond motifs is 1. The Labute approximate surface area is 105 Å². The molecule has 0 aromatic heterocycles. The van der Waals surface area contributed by atoms with Crippen LogP contribution in [-0.4, -0.2) is 38.0 Å². The predicted molar refractivity (Wildman–Crippen MR) is 67.2 cm³/mol. The largest absolute Gasteiger partial charge is 0.378 e. The normalized spacial score (nSPS) is 33.6. The molecule has 0 aromatic rings. The molecule has 2 heterocycles. The average molecular weight is 250 g/mol. The molecule has 0 bridgehead atoms. The molecule has 96 valence electrons. The molecule has 0 saturated carbocycles. The van der Waals surface area contributed by atoms with E-state index in [2.05, 4.69) is 19.2 Å². The van der Waals surface area contributed by atoms with Gasteiger partial charge >= 0.3 is 0 Å². The van der Waals surface area contributed by atoms with Crippen molar-refractivity contribution < 1.29 is 9.47 Å². The summed E-state index contributed by atoms with van der Waals surface area (Å²) in [7, 11) is 0. The Balaban J connectivity index is 0.00000128. The van der Waals surface area contributed by atoms with Gasteiger partial charge < -0.3 is 14.8 Å². The Morgan fingerprint density at radius 3 is 2.88 bits per heavy atom. The van der Waals surface area contributed by atoms with E-state index in [1.54, 1.807) is 0 Å². The zero-order valence-electron chi connectivity index (χ0n) is 10.3. The van der Waals surface area contributed by atoms with Crippen LogP contribution in [0.2, 0.25) is 0 Å². The Morgan fingerprint density at radius 1 is 1.31 bits per heavy atom. The topological polar surface area (TPSA) is 30.5 Å². The lowest BCUT2D eigenvalue weighted by molar-refractivity contribution is -0.0906. The van der Waals surface area contributed by atoms with Crippen molar-refractivity contribution in [1.29, 1.82) is 0 Å². The summed E-state index contributed by atoms with van der Waals surface area (Å²) in [6, 6.07) is 0.617. The molecule has 1 N–H and O–H groups in total. The lowest BCUT2D eigenvalue weighted by Gasteiger charge is -2.32. The third kappa shape index (κ3) is 3.88. The fourth-order valence-electron chi connectivity index (χ4n) is 2.43. The SMILES string of the molecule is CC(C)COC[C@H]1CC[C@H]2NCC[C@H]2O1.Cl. The van der Waals surface area contributed by atoms with Gasteiger partial charge in [-0.2, -0.15) is 0 Å². The number of hydrogen-bond donors (Lipinski definition) is 1. The summed E-state index contributed by atoms with van der Waals surface area (Å²) in [5, 5.41) is 3.49. The molecule has 2 aliphatic rings. The van der Waals surface area contributed by atoms with Gasteiger partial charge in [0.25, 0.3) is 0 Å². The van der Waals surface area contributed by atoms with Crippen molar-refractivity contribution in [3.63, 3.8) is 0 Å². The summed E-state index contributed by atoms with van der Waals surface area (Å²) in [6.45, 7) is 7.11. The van der Waals surface area contributed by atoms with Gasteiger partial charge in [-0.3, -0.25) is 0 Å². The molecular weight excluding hydrogens is 226 g/mol. The van der Waals surface area contributed by atoms with Crippen LogP contribution in [0.25, 0.3) is 0 Å². The summed E-state index contributed by atoms with van der Waals surface area (Å²) in [6.07, 6.45) is 4.36. The van der Waals surface area contributed by atoms with Crippen LogP contribution in [-0.2, 0) is 9.47 Å². The highest BCUT2D eigenvalue weighted by molar-refractivity contribution is 5.85. The van der Waals surface area contributed by atoms with E-state index in [4.69, 9.17) is 9.47 Å². The molecule has 16 heavy (non-hydrogen) atoms. The molecule has 2 rings (SSSR count). The van der Waals surface area contributed by atoms with Crippen molar-refractivity contribution in [2.75, 3.05) is 19.8 Å². The standard InChI is InChI=1S/C12H23NO2.ClH/c1-9(2)7-14-8-10-3-4-11-12(15-10)5-6-13-11;/h9-13H,3-8H2,1-2H3;1H/t10-,11-,12-;/m1./s1. The van der Waals surface area contributed by atoms with Crippen LogP contribution >= 0.6 is 12.4 Å². The van der Waals surface area contributed by atoms with Gasteiger partial charge in [-0.1, -0.05) is 13.8 Å². The molecule has 3 atom stereocenters. The lowest BCUT2D eigenvalue weighted by atomic mass is 10.0. The highest BCUT2D eigenvalue weighted by Gasteiger charge is 2.34. The Morgan fingerprint density at radius 2 is 2.12 bits per heavy atom. The summed E-state index contributed by atoms with van der Waals surface area (Å²) in [5.41, 5.74) is 0. The third-order valence-corrected chi connectivity index (χ3v) is 3.21. The second-order valence-corrected chi connectivity index (χ2v) is 5.15. The van der Waals surface area contributed by atoms with Crippen LogP contribution in [0.3, 0.4) is 0 Å². The number of nitrogens with one attached hydrogen (secondary N) is 1. The van der Waals surface area contributed by atoms with E-state index in [1.165, 1.54) is 12.8 Å². The molecule has 0 aliphatic carbocycles. The first-order valence-electron chi connectivity index (χ1n) is 6.22. The molecule has 0 unspecified atom stereocenters. The van der Waals surface area contributed by atoms with Crippen molar-refractivity contribution in [2.45, 2.75) is 51.4 Å². The number of rotatable bonds is 4. The summed E-state index contributed by atoms with van der Waals surface area (Å²) in [5.74, 6) is 0.620. The third-order valence-electron chi connectivity index (χ3n) is 3.21. The molecule has 2 saturated heterocycles. The Kier molecular flexibility index (Phi) is 6.05. The van der Waals surface area contributed by atoms with Gasteiger partial charge in [0, 0.05) is 12.6 Å². The fraction of sp³-hybridized carbons (Fsp3) is 1.00. The van der Waals surface area contributed by atoms with Gasteiger partial charge in [-0.15, -0.1) is 12.4 Å². The monoisotopic (exact) mass is 249 g/mol. The lowest BCUT2D eigenvalue weighted by Crippen LogP contribution is -2.41. The first-order chi connectivity index (χ1) is 7.25. The van der Waals surface area contributed by atoms with Crippen molar-refractivity contribution in [3.05, 3.63) is 0 Å². The van der Waals surface area contributed by atoms with Gasteiger partial charge in [-0.05, 0) is 31.7 Å². The van der Waals surface area contributed by atoms with Gasteiger partial charge in [0.1, 0.15) is 0 Å². The van der Waals surface area contributed by atoms with Crippen molar-refractivity contribution in [2.24, 2.45) is 5.92 Å². The Bertz CT molecular complexity index is 201. The van der Waals surface area contributed by atoms with Gasteiger partial charge in [0.2, 0.25) is 0 Å². The summed E-state index contributed by atoms with van der Waals surface area (Å²) in [4.78, 5) is 0.